The first kappa shape index (κ1) is 18.2. The number of amides is 1. The van der Waals surface area contributed by atoms with Gasteiger partial charge in [0, 0.05) is 29.6 Å². The summed E-state index contributed by atoms with van der Waals surface area (Å²) in [6.07, 6.45) is 3.41. The molecule has 0 fully saturated rings. The Morgan fingerprint density at radius 1 is 1.11 bits per heavy atom. The summed E-state index contributed by atoms with van der Waals surface area (Å²) in [5.74, 6) is -0.225. The molecule has 1 N–H and O–H groups in total. The number of aryl methyl sites for hydroxylation is 1. The Kier molecular flexibility index (Phi) is 5.08. The van der Waals surface area contributed by atoms with Crippen molar-refractivity contribution in [1.29, 1.82) is 0 Å². The summed E-state index contributed by atoms with van der Waals surface area (Å²) in [4.78, 5) is 16.9. The van der Waals surface area contributed by atoms with Crippen molar-refractivity contribution >= 4 is 34.1 Å². The van der Waals surface area contributed by atoms with Crippen molar-refractivity contribution in [3.8, 4) is 0 Å². The summed E-state index contributed by atoms with van der Waals surface area (Å²) >= 11 is 1.62. The normalized spacial score (nSPS) is 12.1. The molecule has 140 valence electrons. The molecule has 0 radical (unpaired) electrons. The average Bonchev–Trinajstić information content (AvgIpc) is 3.12. The third kappa shape index (κ3) is 3.89. The summed E-state index contributed by atoms with van der Waals surface area (Å²) in [5.41, 5.74) is 2.23. The second-order valence-electron chi connectivity index (χ2n) is 6.48. The highest BCUT2D eigenvalue weighted by atomic mass is 32.2. The van der Waals surface area contributed by atoms with E-state index in [9.17, 15) is 4.79 Å². The molecule has 1 amide bonds. The predicted octanol–water partition coefficient (Wildman–Crippen LogP) is 4.47. The molecule has 0 spiro atoms. The highest BCUT2D eigenvalue weighted by Crippen LogP contribution is 2.34. The van der Waals surface area contributed by atoms with Crippen LogP contribution in [0, 0.1) is 0 Å². The number of carbonyl (C=O) groups is 1. The zero-order chi connectivity index (χ0) is 19.5. The molecule has 2 aromatic carbocycles. The highest BCUT2D eigenvalue weighted by Gasteiger charge is 2.13. The Balaban J connectivity index is 1.50. The van der Waals surface area contributed by atoms with E-state index in [4.69, 9.17) is 0 Å². The van der Waals surface area contributed by atoms with Crippen LogP contribution in [0.3, 0.4) is 0 Å². The number of hydrogen-bond acceptors (Lipinski definition) is 5. The lowest BCUT2D eigenvalue weighted by Gasteiger charge is -2.13. The standard InChI is InChI=1S/C21H19N5OS/c1-14(28-21-25-23-13-26(21)2)15-8-5-9-18(10-15)24-20(27)19-11-16-6-3-4-7-17(16)12-22-19/h3-14H,1-2H3,(H,24,27)/t14-/m0/s1. The molecule has 4 aromatic rings. The fourth-order valence-corrected chi connectivity index (χ4v) is 3.78. The molecule has 0 aliphatic rings. The van der Waals surface area contributed by atoms with E-state index in [0.717, 1.165) is 27.2 Å². The van der Waals surface area contributed by atoms with E-state index in [2.05, 4.69) is 27.4 Å². The van der Waals surface area contributed by atoms with Crippen molar-refractivity contribution in [3.63, 3.8) is 0 Å². The maximum absolute atomic E-state index is 12.6. The van der Waals surface area contributed by atoms with Crippen LogP contribution in [0.1, 0.15) is 28.2 Å². The second kappa shape index (κ2) is 7.82. The van der Waals surface area contributed by atoms with Crippen LogP contribution in [0.15, 0.2) is 72.3 Å². The Labute approximate surface area is 167 Å². The Bertz CT molecular complexity index is 1140. The van der Waals surface area contributed by atoms with Crippen LogP contribution in [-0.2, 0) is 7.05 Å². The Hall–Kier alpha value is -3.19. The number of carbonyl (C=O) groups excluding carboxylic acids is 1. The summed E-state index contributed by atoms with van der Waals surface area (Å²) in [5, 5.41) is 14.0. The molecule has 7 heteroatoms. The fraction of sp³-hybridized carbons (Fsp3) is 0.143. The molecule has 0 saturated carbocycles. The van der Waals surface area contributed by atoms with Crippen molar-refractivity contribution in [2.75, 3.05) is 5.32 Å². The third-order valence-corrected chi connectivity index (χ3v) is 5.64. The molecule has 2 aromatic heterocycles. The lowest BCUT2D eigenvalue weighted by atomic mass is 10.1. The first-order chi connectivity index (χ1) is 13.6. The van der Waals surface area contributed by atoms with Crippen molar-refractivity contribution in [1.82, 2.24) is 19.7 Å². The van der Waals surface area contributed by atoms with E-state index < -0.39 is 0 Å². The van der Waals surface area contributed by atoms with Crippen molar-refractivity contribution < 1.29 is 4.79 Å². The first-order valence-electron chi connectivity index (χ1n) is 8.87. The average molecular weight is 389 g/mol. The minimum absolute atomic E-state index is 0.165. The van der Waals surface area contributed by atoms with Crippen LogP contribution >= 0.6 is 11.8 Å². The number of nitrogens with zero attached hydrogens (tertiary/aromatic N) is 4. The minimum atomic E-state index is -0.225. The van der Waals surface area contributed by atoms with Gasteiger partial charge in [0.15, 0.2) is 5.16 Å². The summed E-state index contributed by atoms with van der Waals surface area (Å²) in [7, 11) is 1.92. The van der Waals surface area contributed by atoms with E-state index >= 15 is 0 Å². The second-order valence-corrected chi connectivity index (χ2v) is 7.79. The van der Waals surface area contributed by atoms with Gasteiger partial charge in [0.05, 0.1) is 0 Å². The molecular weight excluding hydrogens is 370 g/mol. The number of benzene rings is 2. The number of rotatable bonds is 5. The van der Waals surface area contributed by atoms with Crippen molar-refractivity contribution in [3.05, 3.63) is 78.4 Å². The monoisotopic (exact) mass is 389 g/mol. The van der Waals surface area contributed by atoms with Crippen LogP contribution < -0.4 is 5.32 Å². The van der Waals surface area contributed by atoms with Gasteiger partial charge < -0.3 is 9.88 Å². The van der Waals surface area contributed by atoms with E-state index in [1.165, 1.54) is 0 Å². The van der Waals surface area contributed by atoms with Gasteiger partial charge in [-0.2, -0.15) is 0 Å². The smallest absolute Gasteiger partial charge is 0.274 e. The molecule has 0 aliphatic carbocycles. The van der Waals surface area contributed by atoms with E-state index in [1.54, 1.807) is 30.4 Å². The summed E-state index contributed by atoms with van der Waals surface area (Å²) in [6.45, 7) is 2.10. The van der Waals surface area contributed by atoms with E-state index in [0.29, 0.717) is 5.69 Å². The zero-order valence-electron chi connectivity index (χ0n) is 15.5. The molecule has 0 unspecified atom stereocenters. The third-order valence-electron chi connectivity index (χ3n) is 4.43. The number of pyridine rings is 1. The van der Waals surface area contributed by atoms with Gasteiger partial charge in [-0.15, -0.1) is 10.2 Å². The molecule has 6 nitrogen and oxygen atoms in total. The first-order valence-corrected chi connectivity index (χ1v) is 9.75. The van der Waals surface area contributed by atoms with Gasteiger partial charge in [-0.05, 0) is 36.1 Å². The van der Waals surface area contributed by atoms with Crippen LogP contribution in [0.2, 0.25) is 0 Å². The number of thioether (sulfide) groups is 1. The molecular formula is C21H19N5OS. The largest absolute Gasteiger partial charge is 0.321 e. The molecule has 0 bridgehead atoms. The van der Waals surface area contributed by atoms with Crippen molar-refractivity contribution in [2.45, 2.75) is 17.3 Å². The van der Waals surface area contributed by atoms with Crippen LogP contribution in [-0.4, -0.2) is 25.7 Å². The molecule has 1 atom stereocenters. The topological polar surface area (TPSA) is 72.7 Å². The number of aromatic nitrogens is 4. The van der Waals surface area contributed by atoms with Crippen molar-refractivity contribution in [2.24, 2.45) is 7.05 Å². The van der Waals surface area contributed by atoms with Gasteiger partial charge in [0.25, 0.3) is 5.91 Å². The lowest BCUT2D eigenvalue weighted by Crippen LogP contribution is -2.13. The van der Waals surface area contributed by atoms with Crippen LogP contribution in [0.5, 0.6) is 0 Å². The van der Waals surface area contributed by atoms with E-state index in [-0.39, 0.29) is 11.2 Å². The number of nitrogens with one attached hydrogen (secondary N) is 1. The molecule has 0 aliphatic heterocycles. The quantitative estimate of drug-likeness (QED) is 0.510. The maximum Gasteiger partial charge on any atom is 0.274 e. The van der Waals surface area contributed by atoms with Gasteiger partial charge in [-0.1, -0.05) is 48.2 Å². The highest BCUT2D eigenvalue weighted by molar-refractivity contribution is 7.99. The van der Waals surface area contributed by atoms with Crippen LogP contribution in [0.25, 0.3) is 10.8 Å². The summed E-state index contributed by atoms with van der Waals surface area (Å²) in [6, 6.07) is 17.5. The summed E-state index contributed by atoms with van der Waals surface area (Å²) < 4.78 is 1.89. The van der Waals surface area contributed by atoms with Gasteiger partial charge in [0.1, 0.15) is 12.0 Å². The number of hydrogen-bond donors (Lipinski definition) is 1. The van der Waals surface area contributed by atoms with E-state index in [1.807, 2.05) is 60.1 Å². The molecule has 28 heavy (non-hydrogen) atoms. The maximum atomic E-state index is 12.6. The Morgan fingerprint density at radius 3 is 2.71 bits per heavy atom. The molecule has 4 rings (SSSR count). The van der Waals surface area contributed by atoms with Crippen LogP contribution in [0.4, 0.5) is 5.69 Å². The predicted molar refractivity (Wildman–Crippen MR) is 111 cm³/mol. The number of fused-ring (bicyclic) bond motifs is 1. The minimum Gasteiger partial charge on any atom is -0.321 e. The van der Waals surface area contributed by atoms with Gasteiger partial charge >= 0.3 is 0 Å². The SMILES string of the molecule is C[C@H](Sc1nncn1C)c1cccc(NC(=O)c2cc3ccccc3cn2)c1. The van der Waals surface area contributed by atoms with Gasteiger partial charge in [-0.3, -0.25) is 9.78 Å². The van der Waals surface area contributed by atoms with Gasteiger partial charge in [0.2, 0.25) is 0 Å². The molecule has 0 saturated heterocycles. The lowest BCUT2D eigenvalue weighted by molar-refractivity contribution is 0.102. The zero-order valence-corrected chi connectivity index (χ0v) is 16.4. The number of anilines is 1. The molecule has 2 heterocycles. The fourth-order valence-electron chi connectivity index (χ4n) is 2.88. The Morgan fingerprint density at radius 2 is 1.93 bits per heavy atom. The van der Waals surface area contributed by atoms with Gasteiger partial charge in [-0.25, -0.2) is 0 Å².